The van der Waals surface area contributed by atoms with Crippen molar-refractivity contribution in [1.82, 2.24) is 0 Å². The van der Waals surface area contributed by atoms with E-state index in [-0.39, 0.29) is 11.4 Å². The Balaban J connectivity index is 1.77. The highest BCUT2D eigenvalue weighted by Crippen LogP contribution is 2.40. The lowest BCUT2D eigenvalue weighted by Crippen LogP contribution is -1.91. The molecule has 122 valence electrons. The second-order valence-corrected chi connectivity index (χ2v) is 6.31. The predicted molar refractivity (Wildman–Crippen MR) is 94.1 cm³/mol. The largest absolute Gasteiger partial charge is 0.207 e. The van der Waals surface area contributed by atoms with Crippen molar-refractivity contribution in [3.8, 4) is 28.3 Å². The lowest BCUT2D eigenvalue weighted by molar-refractivity contribution is 0.612. The van der Waals surface area contributed by atoms with Crippen LogP contribution < -0.4 is 0 Å². The summed E-state index contributed by atoms with van der Waals surface area (Å²) in [6.45, 7) is 1.95. The van der Waals surface area contributed by atoms with Crippen LogP contribution in [0.5, 0.6) is 0 Å². The molecule has 25 heavy (non-hydrogen) atoms. The summed E-state index contributed by atoms with van der Waals surface area (Å²) in [6.07, 6.45) is 1.43. The van der Waals surface area contributed by atoms with Crippen molar-refractivity contribution in [3.63, 3.8) is 0 Å². The quantitative estimate of drug-likeness (QED) is 0.466. The molecule has 1 aliphatic rings. The van der Waals surface area contributed by atoms with Gasteiger partial charge in [-0.1, -0.05) is 37.3 Å². The van der Waals surface area contributed by atoms with Gasteiger partial charge < -0.3 is 0 Å². The second-order valence-electron chi connectivity index (χ2n) is 6.31. The van der Waals surface area contributed by atoms with Crippen LogP contribution in [0.25, 0.3) is 22.3 Å². The lowest BCUT2D eigenvalue weighted by Gasteiger charge is -2.07. The smallest absolute Gasteiger partial charge is 0.141 e. The SMILES string of the molecule is CCc1cc2c(cc1F)-c1ccc(-c3ccc(C#N)c(F)c3)cc1C2. The molecule has 0 spiro atoms. The summed E-state index contributed by atoms with van der Waals surface area (Å²) >= 11 is 0. The van der Waals surface area contributed by atoms with Crippen LogP contribution in [0.4, 0.5) is 8.78 Å². The molecular weight excluding hydrogens is 316 g/mol. The van der Waals surface area contributed by atoms with Gasteiger partial charge in [0.1, 0.15) is 17.7 Å². The third-order valence-corrected chi connectivity index (χ3v) is 4.85. The van der Waals surface area contributed by atoms with E-state index in [1.165, 1.54) is 12.1 Å². The van der Waals surface area contributed by atoms with Gasteiger partial charge in [0.15, 0.2) is 0 Å². The number of aryl methyl sites for hydroxylation is 1. The highest BCUT2D eigenvalue weighted by atomic mass is 19.1. The molecule has 1 nitrogen and oxygen atoms in total. The first-order valence-corrected chi connectivity index (χ1v) is 8.25. The van der Waals surface area contributed by atoms with Crippen LogP contribution in [0.2, 0.25) is 0 Å². The van der Waals surface area contributed by atoms with Gasteiger partial charge in [-0.15, -0.1) is 0 Å². The standard InChI is InChI=1S/C22H15F2N/c1-2-13-7-18-9-17-8-14(5-6-19(17)20(18)11-22(13)24)15-3-4-16(12-25)21(23)10-15/h3-8,10-11H,2,9H2,1H3. The molecule has 3 aromatic rings. The number of hydrogen-bond donors (Lipinski definition) is 0. The monoisotopic (exact) mass is 331 g/mol. The molecule has 0 fully saturated rings. The number of rotatable bonds is 2. The Morgan fingerprint density at radius 2 is 1.60 bits per heavy atom. The Morgan fingerprint density at radius 1 is 0.880 bits per heavy atom. The van der Waals surface area contributed by atoms with Crippen LogP contribution in [0.3, 0.4) is 0 Å². The van der Waals surface area contributed by atoms with Gasteiger partial charge in [0.05, 0.1) is 5.56 Å². The third-order valence-electron chi connectivity index (χ3n) is 4.85. The fourth-order valence-corrected chi connectivity index (χ4v) is 3.51. The maximum absolute atomic E-state index is 14.1. The molecule has 0 saturated carbocycles. The zero-order valence-electron chi connectivity index (χ0n) is 13.7. The normalized spacial score (nSPS) is 11.8. The molecule has 0 bridgehead atoms. The zero-order valence-corrected chi connectivity index (χ0v) is 13.7. The van der Waals surface area contributed by atoms with Crippen molar-refractivity contribution in [3.05, 3.63) is 82.4 Å². The van der Waals surface area contributed by atoms with Crippen molar-refractivity contribution < 1.29 is 8.78 Å². The maximum Gasteiger partial charge on any atom is 0.141 e. The molecule has 0 unspecified atom stereocenters. The van der Waals surface area contributed by atoms with Crippen LogP contribution in [0, 0.1) is 23.0 Å². The molecule has 4 rings (SSSR count). The molecule has 0 aliphatic heterocycles. The highest BCUT2D eigenvalue weighted by Gasteiger charge is 2.21. The molecule has 0 saturated heterocycles. The summed E-state index contributed by atoms with van der Waals surface area (Å²) in [5, 5.41) is 8.85. The van der Waals surface area contributed by atoms with Gasteiger partial charge in [0.2, 0.25) is 0 Å². The molecule has 0 radical (unpaired) electrons. The van der Waals surface area contributed by atoms with E-state index in [1.54, 1.807) is 12.1 Å². The summed E-state index contributed by atoms with van der Waals surface area (Å²) in [4.78, 5) is 0. The Hall–Kier alpha value is -2.99. The van der Waals surface area contributed by atoms with E-state index in [0.717, 1.165) is 45.4 Å². The summed E-state index contributed by atoms with van der Waals surface area (Å²) in [5.41, 5.74) is 6.64. The third kappa shape index (κ3) is 2.51. The van der Waals surface area contributed by atoms with E-state index in [9.17, 15) is 8.78 Å². The van der Waals surface area contributed by atoms with Crippen molar-refractivity contribution >= 4 is 0 Å². The fraction of sp³-hybridized carbons (Fsp3) is 0.136. The van der Waals surface area contributed by atoms with E-state index in [4.69, 9.17) is 5.26 Å². The first kappa shape index (κ1) is 15.5. The molecule has 0 heterocycles. The molecule has 3 heteroatoms. The van der Waals surface area contributed by atoms with E-state index in [0.29, 0.717) is 6.42 Å². The minimum atomic E-state index is -0.515. The fourth-order valence-electron chi connectivity index (χ4n) is 3.51. The Morgan fingerprint density at radius 3 is 2.32 bits per heavy atom. The number of nitrogens with zero attached hydrogens (tertiary/aromatic N) is 1. The average molecular weight is 331 g/mol. The van der Waals surface area contributed by atoms with Crippen LogP contribution in [-0.2, 0) is 12.8 Å². The van der Waals surface area contributed by atoms with Crippen molar-refractivity contribution in [1.29, 1.82) is 5.26 Å². The number of benzene rings is 3. The number of halogens is 2. The Kier molecular flexibility index (Phi) is 3.62. The van der Waals surface area contributed by atoms with Gasteiger partial charge in [0, 0.05) is 0 Å². The van der Waals surface area contributed by atoms with E-state index in [2.05, 4.69) is 0 Å². The average Bonchev–Trinajstić information content (AvgIpc) is 2.97. The van der Waals surface area contributed by atoms with Gasteiger partial charge in [0.25, 0.3) is 0 Å². The highest BCUT2D eigenvalue weighted by molar-refractivity contribution is 5.80. The molecule has 0 atom stereocenters. The predicted octanol–water partition coefficient (Wildman–Crippen LogP) is 5.64. The number of nitriles is 1. The summed E-state index contributed by atoms with van der Waals surface area (Å²) in [6, 6.07) is 16.0. The first-order chi connectivity index (χ1) is 12.1. The summed E-state index contributed by atoms with van der Waals surface area (Å²) in [5.74, 6) is -0.675. The first-order valence-electron chi connectivity index (χ1n) is 8.25. The van der Waals surface area contributed by atoms with Crippen molar-refractivity contribution in [2.75, 3.05) is 0 Å². The van der Waals surface area contributed by atoms with Crippen LogP contribution >= 0.6 is 0 Å². The van der Waals surface area contributed by atoms with Crippen LogP contribution in [0.1, 0.15) is 29.2 Å². The Bertz CT molecular complexity index is 1040. The molecule has 0 amide bonds. The van der Waals surface area contributed by atoms with Gasteiger partial charge in [-0.2, -0.15) is 5.26 Å². The van der Waals surface area contributed by atoms with Gasteiger partial charge >= 0.3 is 0 Å². The van der Waals surface area contributed by atoms with Crippen molar-refractivity contribution in [2.24, 2.45) is 0 Å². The molecule has 3 aromatic carbocycles. The molecule has 0 N–H and O–H groups in total. The van der Waals surface area contributed by atoms with Gasteiger partial charge in [-0.3, -0.25) is 0 Å². The number of hydrogen-bond acceptors (Lipinski definition) is 1. The molecule has 1 aliphatic carbocycles. The lowest BCUT2D eigenvalue weighted by atomic mass is 9.98. The van der Waals surface area contributed by atoms with E-state index < -0.39 is 5.82 Å². The zero-order chi connectivity index (χ0) is 17.6. The Labute approximate surface area is 145 Å². The van der Waals surface area contributed by atoms with Gasteiger partial charge in [-0.05, 0) is 70.0 Å². The molecule has 0 aromatic heterocycles. The maximum atomic E-state index is 14.1. The van der Waals surface area contributed by atoms with Crippen molar-refractivity contribution in [2.45, 2.75) is 19.8 Å². The van der Waals surface area contributed by atoms with Crippen LogP contribution in [0.15, 0.2) is 48.5 Å². The summed E-state index contributed by atoms with van der Waals surface area (Å²) < 4.78 is 28.0. The minimum Gasteiger partial charge on any atom is -0.207 e. The molecular formula is C22H15F2N. The van der Waals surface area contributed by atoms with Gasteiger partial charge in [-0.25, -0.2) is 8.78 Å². The topological polar surface area (TPSA) is 23.8 Å². The van der Waals surface area contributed by atoms with E-state index in [1.807, 2.05) is 37.3 Å². The summed E-state index contributed by atoms with van der Waals surface area (Å²) in [7, 11) is 0. The minimum absolute atomic E-state index is 0.0416. The van der Waals surface area contributed by atoms with E-state index >= 15 is 0 Å². The second kappa shape index (κ2) is 5.82. The number of fused-ring (bicyclic) bond motifs is 3. The van der Waals surface area contributed by atoms with Crippen LogP contribution in [-0.4, -0.2) is 0 Å².